The summed E-state index contributed by atoms with van der Waals surface area (Å²) in [5, 5.41) is 37.8. The van der Waals surface area contributed by atoms with Crippen LogP contribution in [0.5, 0.6) is 5.75 Å². The maximum atomic E-state index is 14.0. The Morgan fingerprint density at radius 3 is 2.06 bits per heavy atom. The monoisotopic (exact) mass is 725 g/mol. The third-order valence-electron chi connectivity index (χ3n) is 8.21. The van der Waals surface area contributed by atoms with Crippen LogP contribution in [0.2, 0.25) is 0 Å². The minimum absolute atomic E-state index is 0.0433. The highest BCUT2D eigenvalue weighted by atomic mass is 16.4. The van der Waals surface area contributed by atoms with Crippen molar-refractivity contribution in [2.45, 2.75) is 75.2 Å². The summed E-state index contributed by atoms with van der Waals surface area (Å²) in [7, 11) is 0. The van der Waals surface area contributed by atoms with Crippen molar-refractivity contribution in [3.05, 3.63) is 65.7 Å². The fraction of sp³-hybridized carbons (Fsp3) is 0.412. The van der Waals surface area contributed by atoms with E-state index in [0.29, 0.717) is 17.5 Å². The zero-order chi connectivity index (χ0) is 38.4. The van der Waals surface area contributed by atoms with Gasteiger partial charge in [-0.2, -0.15) is 0 Å². The molecular formula is C34H43N7O11. The first-order chi connectivity index (χ1) is 24.6. The molecule has 52 heavy (non-hydrogen) atoms. The Balaban J connectivity index is 1.74. The molecule has 18 nitrogen and oxygen atoms in total. The lowest BCUT2D eigenvalue weighted by atomic mass is 10.0. The van der Waals surface area contributed by atoms with Crippen molar-refractivity contribution in [3.63, 3.8) is 0 Å². The Morgan fingerprint density at radius 1 is 0.808 bits per heavy atom. The fourth-order valence-electron chi connectivity index (χ4n) is 5.53. The summed E-state index contributed by atoms with van der Waals surface area (Å²) < 4.78 is 0. The lowest BCUT2D eigenvalue weighted by Crippen LogP contribution is -2.58. The molecular weight excluding hydrogens is 682 g/mol. The Labute approximate surface area is 298 Å². The van der Waals surface area contributed by atoms with E-state index in [1.54, 1.807) is 30.3 Å². The summed E-state index contributed by atoms with van der Waals surface area (Å²) in [6.45, 7) is -0.521. The molecule has 2 aromatic rings. The summed E-state index contributed by atoms with van der Waals surface area (Å²) in [6.07, 6.45) is -0.858. The van der Waals surface area contributed by atoms with Crippen molar-refractivity contribution < 1.29 is 53.7 Å². The number of benzene rings is 2. The van der Waals surface area contributed by atoms with E-state index in [4.69, 9.17) is 16.6 Å². The minimum atomic E-state index is -1.57. The number of carboxylic acids is 2. The maximum absolute atomic E-state index is 14.0. The van der Waals surface area contributed by atoms with Gasteiger partial charge in [0, 0.05) is 25.8 Å². The van der Waals surface area contributed by atoms with E-state index in [1.807, 2.05) is 0 Å². The topological polar surface area (TPSA) is 301 Å². The zero-order valence-electron chi connectivity index (χ0n) is 28.2. The van der Waals surface area contributed by atoms with Gasteiger partial charge in [0.1, 0.15) is 29.9 Å². The Hall–Kier alpha value is -6.04. The number of likely N-dealkylation sites (tertiary alicyclic amines) is 1. The number of hydrogen-bond donors (Lipinski definition) is 9. The number of aliphatic carboxylic acids is 2. The van der Waals surface area contributed by atoms with Gasteiger partial charge >= 0.3 is 11.9 Å². The normalized spacial score (nSPS) is 16.0. The zero-order valence-corrected chi connectivity index (χ0v) is 28.2. The van der Waals surface area contributed by atoms with Crippen LogP contribution in [-0.4, -0.2) is 111 Å². The minimum Gasteiger partial charge on any atom is -0.508 e. The van der Waals surface area contributed by atoms with Crippen molar-refractivity contribution in [1.29, 1.82) is 0 Å². The number of hydrogen-bond acceptors (Lipinski definition) is 10. The number of primary amides is 1. The predicted molar refractivity (Wildman–Crippen MR) is 182 cm³/mol. The molecule has 0 bridgehead atoms. The van der Waals surface area contributed by atoms with Crippen LogP contribution in [0.3, 0.4) is 0 Å². The number of nitrogens with two attached hydrogens (primary N) is 2. The second-order valence-electron chi connectivity index (χ2n) is 12.3. The fourth-order valence-corrected chi connectivity index (χ4v) is 5.53. The van der Waals surface area contributed by atoms with Crippen LogP contribution < -0.4 is 32.7 Å². The number of phenolic OH excluding ortho intramolecular Hbond substituents is 1. The van der Waals surface area contributed by atoms with Gasteiger partial charge in [-0.1, -0.05) is 42.5 Å². The number of rotatable bonds is 19. The second-order valence-corrected chi connectivity index (χ2v) is 12.3. The third kappa shape index (κ3) is 12.7. The van der Waals surface area contributed by atoms with Crippen LogP contribution in [-0.2, 0) is 51.2 Å². The number of nitrogens with one attached hydrogen (secondary N) is 4. The SMILES string of the molecule is NC(=O)C[C@H](NC(=O)[C@@H]1CCCN1C(=O)[C@H](Cc1ccc(O)cc1)NC(=O)CNC(=O)[C@@H](N)CCC(=O)O)C(=O)N[C@@H](Cc1ccccc1)C(=O)O. The molecule has 1 saturated heterocycles. The van der Waals surface area contributed by atoms with Crippen LogP contribution in [0.15, 0.2) is 54.6 Å². The van der Waals surface area contributed by atoms with Crippen LogP contribution in [0.4, 0.5) is 0 Å². The molecule has 280 valence electrons. The van der Waals surface area contributed by atoms with Crippen molar-refractivity contribution in [2.75, 3.05) is 13.1 Å². The molecule has 18 heteroatoms. The van der Waals surface area contributed by atoms with Crippen molar-refractivity contribution in [3.8, 4) is 5.75 Å². The molecule has 1 aliphatic rings. The van der Waals surface area contributed by atoms with Gasteiger partial charge in [0.25, 0.3) is 0 Å². The van der Waals surface area contributed by atoms with E-state index in [1.165, 1.54) is 29.2 Å². The highest BCUT2D eigenvalue weighted by Crippen LogP contribution is 2.21. The Kier molecular flexibility index (Phi) is 15.1. The lowest BCUT2D eigenvalue weighted by molar-refractivity contribution is -0.143. The molecule has 0 saturated carbocycles. The first-order valence-corrected chi connectivity index (χ1v) is 16.4. The van der Waals surface area contributed by atoms with E-state index >= 15 is 0 Å². The van der Waals surface area contributed by atoms with E-state index < -0.39 is 90.6 Å². The smallest absolute Gasteiger partial charge is 0.326 e. The van der Waals surface area contributed by atoms with Gasteiger partial charge < -0.3 is 53.0 Å². The molecule has 1 aliphatic heterocycles. The van der Waals surface area contributed by atoms with E-state index in [0.717, 1.165) is 0 Å². The van der Waals surface area contributed by atoms with Crippen molar-refractivity contribution in [1.82, 2.24) is 26.2 Å². The van der Waals surface area contributed by atoms with Crippen LogP contribution in [0.25, 0.3) is 0 Å². The van der Waals surface area contributed by atoms with Gasteiger partial charge in [0.15, 0.2) is 0 Å². The van der Waals surface area contributed by atoms with Crippen molar-refractivity contribution in [2.24, 2.45) is 11.5 Å². The van der Waals surface area contributed by atoms with Gasteiger partial charge in [0.05, 0.1) is 19.0 Å². The van der Waals surface area contributed by atoms with E-state index in [-0.39, 0.29) is 44.4 Å². The highest BCUT2D eigenvalue weighted by Gasteiger charge is 2.39. The molecule has 3 rings (SSSR count). The molecule has 0 unspecified atom stereocenters. The van der Waals surface area contributed by atoms with E-state index in [9.17, 15) is 48.6 Å². The summed E-state index contributed by atoms with van der Waals surface area (Å²) in [5.41, 5.74) is 12.2. The standard InChI is InChI=1S/C34H43N7O11/c35-22(12-13-29(45)46)30(47)37-18-28(44)38-24(15-20-8-10-21(42)11-9-20)33(50)41-14-4-7-26(41)32(49)39-23(17-27(36)43)31(48)40-25(34(51)52)16-19-5-2-1-3-6-19/h1-3,5-6,8-11,22-26,42H,4,7,12-18,35H2,(H2,36,43)(H,37,47)(H,38,44)(H,39,49)(H,40,48)(H,45,46)(H,51,52)/t22-,23-,24-,25-,26-/m0/s1. The van der Waals surface area contributed by atoms with Crippen molar-refractivity contribution >= 4 is 47.4 Å². The lowest BCUT2D eigenvalue weighted by Gasteiger charge is -2.30. The first-order valence-electron chi connectivity index (χ1n) is 16.4. The number of phenols is 1. The molecule has 6 amide bonds. The predicted octanol–water partition coefficient (Wildman–Crippen LogP) is -2.11. The molecule has 1 heterocycles. The number of amides is 6. The number of nitrogens with zero attached hydrogens (tertiary/aromatic N) is 1. The summed E-state index contributed by atoms with van der Waals surface area (Å²) in [5.74, 6) is -7.56. The summed E-state index contributed by atoms with van der Waals surface area (Å²) >= 11 is 0. The van der Waals surface area contributed by atoms with Gasteiger partial charge in [-0.25, -0.2) is 4.79 Å². The molecule has 0 aliphatic carbocycles. The molecule has 5 atom stereocenters. The number of carboxylic acid groups (broad SMARTS) is 2. The molecule has 0 radical (unpaired) electrons. The number of carbonyl (C=O) groups is 8. The third-order valence-corrected chi connectivity index (χ3v) is 8.21. The quantitative estimate of drug-likeness (QED) is 0.0752. The maximum Gasteiger partial charge on any atom is 0.326 e. The molecule has 11 N–H and O–H groups in total. The van der Waals surface area contributed by atoms with Gasteiger partial charge in [-0.3, -0.25) is 33.6 Å². The van der Waals surface area contributed by atoms with E-state index in [2.05, 4.69) is 21.3 Å². The van der Waals surface area contributed by atoms with Gasteiger partial charge in [-0.05, 0) is 42.5 Å². The van der Waals surface area contributed by atoms with Crippen LogP contribution in [0.1, 0.15) is 43.2 Å². The van der Waals surface area contributed by atoms with Gasteiger partial charge in [-0.15, -0.1) is 0 Å². The molecule has 2 aromatic carbocycles. The Morgan fingerprint density at radius 2 is 1.44 bits per heavy atom. The van der Waals surface area contributed by atoms with Crippen LogP contribution in [0, 0.1) is 0 Å². The Bertz CT molecular complexity index is 1620. The number of carbonyl (C=O) groups excluding carboxylic acids is 6. The second kappa shape index (κ2) is 19.4. The molecule has 0 aromatic heterocycles. The molecule has 1 fully saturated rings. The first kappa shape index (κ1) is 40.4. The largest absolute Gasteiger partial charge is 0.508 e. The summed E-state index contributed by atoms with van der Waals surface area (Å²) in [4.78, 5) is 102. The average Bonchev–Trinajstić information content (AvgIpc) is 3.60. The van der Waals surface area contributed by atoms with Gasteiger partial charge in [0.2, 0.25) is 35.4 Å². The number of aromatic hydroxyl groups is 1. The summed E-state index contributed by atoms with van der Waals surface area (Å²) in [6, 6.07) is 7.68. The average molecular weight is 726 g/mol. The molecule has 0 spiro atoms. The highest BCUT2D eigenvalue weighted by molar-refractivity contribution is 5.97. The van der Waals surface area contributed by atoms with Crippen LogP contribution >= 0.6 is 0 Å².